The van der Waals surface area contributed by atoms with Gasteiger partial charge in [-0.15, -0.1) is 0 Å². The largest absolute Gasteiger partial charge is 0.496 e. The number of nitrogens with one attached hydrogen (secondary N) is 3. The number of allylic oxidation sites excluding steroid dienone is 2. The van der Waals surface area contributed by atoms with Crippen molar-refractivity contribution in [3.63, 3.8) is 0 Å². The summed E-state index contributed by atoms with van der Waals surface area (Å²) in [6.07, 6.45) is 17.3. The van der Waals surface area contributed by atoms with Gasteiger partial charge in [0.2, 0.25) is 33.6 Å². The van der Waals surface area contributed by atoms with Crippen LogP contribution in [0, 0.1) is 5.92 Å². The summed E-state index contributed by atoms with van der Waals surface area (Å²) in [6, 6.07) is 3.86. The van der Waals surface area contributed by atoms with Crippen LogP contribution in [0.15, 0.2) is 42.6 Å². The minimum absolute atomic E-state index is 0.0445. The van der Waals surface area contributed by atoms with Crippen molar-refractivity contribution in [1.29, 1.82) is 0 Å². The van der Waals surface area contributed by atoms with Crippen LogP contribution < -0.4 is 24.8 Å². The molecule has 7 rings (SSSR count). The van der Waals surface area contributed by atoms with Crippen molar-refractivity contribution in [1.82, 2.24) is 25.2 Å². The van der Waals surface area contributed by atoms with E-state index in [9.17, 15) is 27.6 Å². The molecule has 4 amide bonds. The third-order valence-electron chi connectivity index (χ3n) is 11.1. The number of hydrogen-bond donors (Lipinski definition) is 3. The lowest BCUT2D eigenvalue weighted by Gasteiger charge is -2.30. The molecule has 0 spiro atoms. The monoisotopic (exact) mass is 747 g/mol. The first-order chi connectivity index (χ1) is 25.6. The van der Waals surface area contributed by atoms with Gasteiger partial charge in [-0.2, -0.15) is 0 Å². The number of carbonyl (C=O) groups is 4. The number of sulfonamides is 1. The van der Waals surface area contributed by atoms with Crippen LogP contribution in [-0.4, -0.2) is 84.6 Å². The molecular weight excluding hydrogens is 699 g/mol. The molecule has 1 aromatic carbocycles. The Hall–Kier alpha value is -4.46. The van der Waals surface area contributed by atoms with Crippen molar-refractivity contribution in [3.8, 4) is 11.6 Å². The van der Waals surface area contributed by atoms with Crippen molar-refractivity contribution in [2.24, 2.45) is 5.92 Å². The number of ether oxygens (including phenoxy) is 2. The molecule has 5 aliphatic rings. The van der Waals surface area contributed by atoms with Gasteiger partial charge in [-0.25, -0.2) is 13.4 Å². The van der Waals surface area contributed by atoms with Crippen molar-refractivity contribution in [2.45, 2.75) is 119 Å². The molecule has 4 heterocycles. The molecule has 2 aromatic rings. The van der Waals surface area contributed by atoms with Crippen LogP contribution in [0.1, 0.15) is 95.5 Å². The topological polar surface area (TPSA) is 173 Å². The number of aromatic nitrogens is 1. The maximum atomic E-state index is 14.5. The average molecular weight is 748 g/mol. The Morgan fingerprint density at radius 1 is 1.04 bits per heavy atom. The second-order valence-corrected chi connectivity index (χ2v) is 17.0. The summed E-state index contributed by atoms with van der Waals surface area (Å²) in [5.41, 5.74) is -0.616. The molecule has 0 radical (unpaired) electrons. The lowest BCUT2D eigenvalue weighted by Crippen LogP contribution is -2.58. The van der Waals surface area contributed by atoms with E-state index in [1.807, 2.05) is 36.4 Å². The zero-order valence-electron chi connectivity index (χ0n) is 30.2. The summed E-state index contributed by atoms with van der Waals surface area (Å²) in [7, 11) is -2.25. The molecule has 13 nitrogen and oxygen atoms in total. The van der Waals surface area contributed by atoms with Gasteiger partial charge in [0.05, 0.1) is 18.9 Å². The first kappa shape index (κ1) is 36.9. The minimum atomic E-state index is -3.87. The number of amides is 4. The van der Waals surface area contributed by atoms with Crippen LogP contribution in [-0.2, 0) is 29.2 Å². The zero-order valence-corrected chi connectivity index (χ0v) is 31.0. The lowest BCUT2D eigenvalue weighted by atomic mass is 10.0. The molecule has 53 heavy (non-hydrogen) atoms. The van der Waals surface area contributed by atoms with E-state index in [2.05, 4.69) is 26.4 Å². The molecule has 3 aliphatic heterocycles. The van der Waals surface area contributed by atoms with Crippen molar-refractivity contribution in [2.75, 3.05) is 13.7 Å². The normalized spacial score (nSPS) is 29.9. The number of hydrogen-bond acceptors (Lipinski definition) is 9. The fourth-order valence-corrected chi connectivity index (χ4v) is 9.16. The van der Waals surface area contributed by atoms with E-state index >= 15 is 0 Å². The Labute approximate surface area is 310 Å². The van der Waals surface area contributed by atoms with Gasteiger partial charge in [0.15, 0.2) is 0 Å². The number of carbonyl (C=O) groups excluding carboxylic acids is 4. The molecule has 284 valence electrons. The van der Waals surface area contributed by atoms with Gasteiger partial charge < -0.3 is 25.0 Å². The highest BCUT2D eigenvalue weighted by molar-refractivity contribution is 7.91. The zero-order chi connectivity index (χ0) is 37.2. The van der Waals surface area contributed by atoms with Gasteiger partial charge in [-0.1, -0.05) is 43.6 Å². The van der Waals surface area contributed by atoms with Crippen molar-refractivity contribution >= 4 is 50.5 Å². The molecule has 3 N–H and O–H groups in total. The molecule has 1 saturated heterocycles. The van der Waals surface area contributed by atoms with Crippen LogP contribution in [0.25, 0.3) is 16.8 Å². The first-order valence-corrected chi connectivity index (χ1v) is 20.6. The van der Waals surface area contributed by atoms with E-state index < -0.39 is 56.7 Å². The highest BCUT2D eigenvalue weighted by Gasteiger charge is 2.62. The summed E-state index contributed by atoms with van der Waals surface area (Å²) in [4.78, 5) is 61.8. The van der Waals surface area contributed by atoms with E-state index in [4.69, 9.17) is 9.47 Å². The summed E-state index contributed by atoms with van der Waals surface area (Å²) >= 11 is 0. The lowest BCUT2D eigenvalue weighted by molar-refractivity contribution is -0.142. The van der Waals surface area contributed by atoms with Crippen LogP contribution in [0.3, 0.4) is 0 Å². The van der Waals surface area contributed by atoms with E-state index in [0.29, 0.717) is 43.7 Å². The summed E-state index contributed by atoms with van der Waals surface area (Å²) in [5.74, 6) is -1.30. The van der Waals surface area contributed by atoms with Crippen molar-refractivity contribution < 1.29 is 37.1 Å². The van der Waals surface area contributed by atoms with E-state index in [1.165, 1.54) is 4.90 Å². The number of nitrogens with zero attached hydrogens (tertiary/aromatic N) is 2. The molecule has 0 unspecified atom stereocenters. The average Bonchev–Trinajstić information content (AvgIpc) is 4.06. The van der Waals surface area contributed by atoms with Gasteiger partial charge in [0, 0.05) is 35.9 Å². The predicted molar refractivity (Wildman–Crippen MR) is 198 cm³/mol. The van der Waals surface area contributed by atoms with Gasteiger partial charge in [0.1, 0.15) is 29.5 Å². The van der Waals surface area contributed by atoms with Gasteiger partial charge in [-0.3, -0.25) is 23.9 Å². The molecule has 2 aliphatic carbocycles. The summed E-state index contributed by atoms with van der Waals surface area (Å²) in [5, 5.41) is 6.88. The molecular formula is C39H49N5O8S. The smallest absolute Gasteiger partial charge is 0.259 e. The Morgan fingerprint density at radius 2 is 1.83 bits per heavy atom. The maximum Gasteiger partial charge on any atom is 0.259 e. The molecule has 14 heteroatoms. The maximum absolute atomic E-state index is 14.5. The van der Waals surface area contributed by atoms with Crippen LogP contribution >= 0.6 is 0 Å². The Morgan fingerprint density at radius 3 is 2.62 bits per heavy atom. The second kappa shape index (κ2) is 15.5. The van der Waals surface area contributed by atoms with Crippen LogP contribution in [0.2, 0.25) is 0 Å². The van der Waals surface area contributed by atoms with E-state index in [1.54, 1.807) is 13.3 Å². The third kappa shape index (κ3) is 8.22. The van der Waals surface area contributed by atoms with Gasteiger partial charge in [0.25, 0.3) is 5.91 Å². The number of fused-ring (bicyclic) bond motifs is 4. The fourth-order valence-electron chi connectivity index (χ4n) is 7.80. The minimum Gasteiger partial charge on any atom is -0.496 e. The van der Waals surface area contributed by atoms with E-state index in [0.717, 1.165) is 54.9 Å². The number of pyridine rings is 1. The highest BCUT2D eigenvalue weighted by atomic mass is 32.2. The standard InChI is InChI=1S/C39H49N5O8S/c1-51-33-21-25-18-19-40-36-30(25)20-26(33)12-8-4-2-7-11-15-34(45)41-31-14-10-6-3-5-9-13-27-23-39(27,38(48)43-53(49,50)29-16-17-29)42-35(46)32-22-28(52-36)24-44(32)37(31)47/h8-9,12-13,18-21,27-29,31-32H,2-7,10-11,14-17,22-24H2,1H3,(H,41,45)(H,42,46)(H,43,48)/b12-8+,13-9-/t27-,28-,31+,32+,39-/m1/s1. The molecule has 1 aromatic heterocycles. The Kier molecular flexibility index (Phi) is 10.8. The van der Waals surface area contributed by atoms with Crippen molar-refractivity contribution in [3.05, 3.63) is 48.2 Å². The summed E-state index contributed by atoms with van der Waals surface area (Å²) < 4.78 is 40.1. The highest BCUT2D eigenvalue weighted by Crippen LogP contribution is 2.46. The number of benzene rings is 1. The number of methoxy groups -OCH3 is 1. The second-order valence-electron chi connectivity index (χ2n) is 15.0. The SMILES string of the molecule is COc1cc2ccnc3c2cc1/C=C/CCCCCC(=O)N[C@H]1CCCCC/C=C\[C@@H]2C[C@@]2(C(=O)NS(=O)(=O)C2CC2)NC(=O)[C@@H]2C[C@H](CN2C1=O)O3. The van der Waals surface area contributed by atoms with Crippen LogP contribution in [0.5, 0.6) is 11.6 Å². The Bertz CT molecular complexity index is 1930. The van der Waals surface area contributed by atoms with E-state index in [-0.39, 0.29) is 37.6 Å². The molecule has 3 fully saturated rings. The molecule has 2 saturated carbocycles. The predicted octanol–water partition coefficient (Wildman–Crippen LogP) is 4.06. The van der Waals surface area contributed by atoms with Gasteiger partial charge >= 0.3 is 0 Å². The first-order valence-electron chi connectivity index (χ1n) is 19.0. The third-order valence-corrected chi connectivity index (χ3v) is 12.9. The quantitative estimate of drug-likeness (QED) is 0.390. The number of rotatable bonds is 4. The fraction of sp³-hybridized carbons (Fsp3) is 0.564. The molecule has 5 atom stereocenters. The van der Waals surface area contributed by atoms with Crippen LogP contribution in [0.4, 0.5) is 0 Å². The van der Waals surface area contributed by atoms with Gasteiger partial charge in [-0.05, 0) is 81.4 Å². The molecule has 5 bridgehead atoms. The summed E-state index contributed by atoms with van der Waals surface area (Å²) in [6.45, 7) is 0.0445. The Balaban J connectivity index is 1.23.